The second kappa shape index (κ2) is 4.49. The van der Waals surface area contributed by atoms with Gasteiger partial charge in [-0.05, 0) is 43.2 Å². The fourth-order valence-electron chi connectivity index (χ4n) is 1.68. The molecule has 1 heterocycles. The smallest absolute Gasteiger partial charge is 0.345 e. The maximum absolute atomic E-state index is 13.8. The summed E-state index contributed by atoms with van der Waals surface area (Å²) in [5, 5.41) is 8.88. The molecular formula is C13H10F2O2S. The van der Waals surface area contributed by atoms with Crippen molar-refractivity contribution in [1.82, 2.24) is 0 Å². The minimum Gasteiger partial charge on any atom is -0.477 e. The van der Waals surface area contributed by atoms with E-state index in [9.17, 15) is 13.6 Å². The van der Waals surface area contributed by atoms with Crippen molar-refractivity contribution in [3.05, 3.63) is 45.8 Å². The van der Waals surface area contributed by atoms with Crippen LogP contribution in [0.4, 0.5) is 8.78 Å². The summed E-state index contributed by atoms with van der Waals surface area (Å²) < 4.78 is 27.3. The Labute approximate surface area is 107 Å². The number of benzene rings is 1. The highest BCUT2D eigenvalue weighted by atomic mass is 32.1. The van der Waals surface area contributed by atoms with Crippen LogP contribution in [0.2, 0.25) is 0 Å². The number of thiophene rings is 1. The molecule has 0 spiro atoms. The first-order valence-corrected chi connectivity index (χ1v) is 6.01. The highest BCUT2D eigenvalue weighted by molar-refractivity contribution is 7.17. The number of carbonyl (C=O) groups is 1. The molecule has 2 aromatic rings. The predicted octanol–water partition coefficient (Wildman–Crippen LogP) is 4.01. The molecular weight excluding hydrogens is 258 g/mol. The van der Waals surface area contributed by atoms with Crippen LogP contribution in [0.25, 0.3) is 10.4 Å². The molecule has 2 rings (SSSR count). The van der Waals surface area contributed by atoms with Gasteiger partial charge in [0.1, 0.15) is 16.5 Å². The summed E-state index contributed by atoms with van der Waals surface area (Å²) in [5.74, 6) is -2.12. The monoisotopic (exact) mass is 268 g/mol. The van der Waals surface area contributed by atoms with Crippen molar-refractivity contribution in [2.24, 2.45) is 0 Å². The van der Waals surface area contributed by atoms with Crippen LogP contribution in [-0.4, -0.2) is 11.1 Å². The second-order valence-electron chi connectivity index (χ2n) is 4.01. The van der Waals surface area contributed by atoms with Gasteiger partial charge >= 0.3 is 5.97 Å². The molecule has 0 saturated heterocycles. The maximum atomic E-state index is 13.8. The fraction of sp³-hybridized carbons (Fsp3) is 0.154. The molecule has 0 amide bonds. The number of aryl methyl sites for hydroxylation is 2. The molecule has 0 aliphatic rings. The Morgan fingerprint density at radius 2 is 1.78 bits per heavy atom. The summed E-state index contributed by atoms with van der Waals surface area (Å²) in [4.78, 5) is 11.4. The number of carboxylic acid groups (broad SMARTS) is 1. The number of hydrogen-bond donors (Lipinski definition) is 1. The first kappa shape index (κ1) is 12.7. The number of hydrogen-bond acceptors (Lipinski definition) is 2. The molecule has 0 fully saturated rings. The van der Waals surface area contributed by atoms with Gasteiger partial charge in [-0.25, -0.2) is 13.6 Å². The van der Waals surface area contributed by atoms with Crippen molar-refractivity contribution < 1.29 is 18.7 Å². The van der Waals surface area contributed by atoms with E-state index in [1.54, 1.807) is 6.92 Å². The fourth-order valence-corrected chi connectivity index (χ4v) is 2.70. The van der Waals surface area contributed by atoms with E-state index in [1.165, 1.54) is 13.0 Å². The molecule has 0 radical (unpaired) electrons. The molecule has 1 aromatic heterocycles. The summed E-state index contributed by atoms with van der Waals surface area (Å²) >= 11 is 0.943. The third kappa shape index (κ3) is 2.13. The Balaban J connectivity index is 2.62. The molecule has 0 atom stereocenters. The van der Waals surface area contributed by atoms with Crippen molar-refractivity contribution in [1.29, 1.82) is 0 Å². The molecule has 0 aliphatic carbocycles. The number of halogens is 2. The lowest BCUT2D eigenvalue weighted by molar-refractivity contribution is 0.0702. The van der Waals surface area contributed by atoms with Gasteiger partial charge < -0.3 is 5.11 Å². The molecule has 0 aliphatic heterocycles. The maximum Gasteiger partial charge on any atom is 0.345 e. The normalized spacial score (nSPS) is 10.7. The van der Waals surface area contributed by atoms with E-state index < -0.39 is 17.6 Å². The third-order valence-corrected chi connectivity index (χ3v) is 3.88. The SMILES string of the molecule is Cc1cc(F)c(-c2sc(C(=O)O)cc2C)cc1F. The molecule has 0 saturated carbocycles. The van der Waals surface area contributed by atoms with Gasteiger partial charge in [-0.1, -0.05) is 0 Å². The molecule has 18 heavy (non-hydrogen) atoms. The minimum atomic E-state index is -1.07. The van der Waals surface area contributed by atoms with Crippen LogP contribution in [-0.2, 0) is 0 Å². The van der Waals surface area contributed by atoms with E-state index in [4.69, 9.17) is 5.11 Å². The molecule has 2 nitrogen and oxygen atoms in total. The summed E-state index contributed by atoms with van der Waals surface area (Å²) in [6.45, 7) is 3.15. The average molecular weight is 268 g/mol. The third-order valence-electron chi connectivity index (χ3n) is 2.62. The lowest BCUT2D eigenvalue weighted by Gasteiger charge is -2.04. The number of carboxylic acids is 1. The Morgan fingerprint density at radius 1 is 1.11 bits per heavy atom. The van der Waals surface area contributed by atoms with Crippen molar-refractivity contribution in [3.63, 3.8) is 0 Å². The summed E-state index contributed by atoms with van der Waals surface area (Å²) in [5.41, 5.74) is 0.955. The van der Waals surface area contributed by atoms with E-state index in [1.807, 2.05) is 0 Å². The quantitative estimate of drug-likeness (QED) is 0.893. The zero-order valence-electron chi connectivity index (χ0n) is 9.75. The van der Waals surface area contributed by atoms with Crippen molar-refractivity contribution in [3.8, 4) is 10.4 Å². The van der Waals surface area contributed by atoms with Gasteiger partial charge in [0.25, 0.3) is 0 Å². The van der Waals surface area contributed by atoms with Gasteiger partial charge in [0.2, 0.25) is 0 Å². The standard InChI is InChI=1S/C13H10F2O2S/c1-6-3-10(15)8(5-9(6)14)12-7(2)4-11(18-12)13(16)17/h3-5H,1-2H3,(H,16,17). The summed E-state index contributed by atoms with van der Waals surface area (Å²) in [7, 11) is 0. The predicted molar refractivity (Wildman–Crippen MR) is 66.1 cm³/mol. The summed E-state index contributed by atoms with van der Waals surface area (Å²) in [6.07, 6.45) is 0. The molecule has 1 N–H and O–H groups in total. The van der Waals surface area contributed by atoms with Gasteiger partial charge in [0, 0.05) is 10.4 Å². The molecule has 0 unspecified atom stereocenters. The Hall–Kier alpha value is -1.75. The Morgan fingerprint density at radius 3 is 2.33 bits per heavy atom. The van der Waals surface area contributed by atoms with Crippen LogP contribution in [0.1, 0.15) is 20.8 Å². The first-order chi connectivity index (χ1) is 8.40. The van der Waals surface area contributed by atoms with Crippen molar-refractivity contribution >= 4 is 17.3 Å². The van der Waals surface area contributed by atoms with Crippen LogP contribution < -0.4 is 0 Å². The largest absolute Gasteiger partial charge is 0.477 e. The molecule has 5 heteroatoms. The van der Waals surface area contributed by atoms with Crippen molar-refractivity contribution in [2.45, 2.75) is 13.8 Å². The zero-order valence-corrected chi connectivity index (χ0v) is 10.6. The van der Waals surface area contributed by atoms with E-state index in [-0.39, 0.29) is 16.0 Å². The van der Waals surface area contributed by atoms with Crippen LogP contribution >= 0.6 is 11.3 Å². The van der Waals surface area contributed by atoms with Gasteiger partial charge in [0.15, 0.2) is 0 Å². The van der Waals surface area contributed by atoms with E-state index in [2.05, 4.69) is 0 Å². The summed E-state index contributed by atoms with van der Waals surface area (Å²) in [6, 6.07) is 3.68. The highest BCUT2D eigenvalue weighted by Gasteiger charge is 2.16. The topological polar surface area (TPSA) is 37.3 Å². The Bertz CT molecular complexity index is 632. The average Bonchev–Trinajstić information content (AvgIpc) is 2.66. The van der Waals surface area contributed by atoms with Crippen LogP contribution in [0.15, 0.2) is 18.2 Å². The van der Waals surface area contributed by atoms with Crippen LogP contribution in [0.5, 0.6) is 0 Å². The van der Waals surface area contributed by atoms with Gasteiger partial charge in [0.05, 0.1) is 0 Å². The molecule has 94 valence electrons. The Kier molecular flexibility index (Phi) is 3.17. The van der Waals surface area contributed by atoms with E-state index >= 15 is 0 Å². The zero-order chi connectivity index (χ0) is 13.4. The van der Waals surface area contributed by atoms with Crippen molar-refractivity contribution in [2.75, 3.05) is 0 Å². The van der Waals surface area contributed by atoms with E-state index in [0.29, 0.717) is 10.4 Å². The molecule has 0 bridgehead atoms. The number of rotatable bonds is 2. The van der Waals surface area contributed by atoms with Crippen LogP contribution in [0, 0.1) is 25.5 Å². The van der Waals surface area contributed by atoms with Gasteiger partial charge in [-0.2, -0.15) is 0 Å². The van der Waals surface area contributed by atoms with Gasteiger partial charge in [-0.15, -0.1) is 11.3 Å². The second-order valence-corrected chi connectivity index (χ2v) is 5.06. The molecule has 1 aromatic carbocycles. The minimum absolute atomic E-state index is 0.105. The highest BCUT2D eigenvalue weighted by Crippen LogP contribution is 2.35. The first-order valence-electron chi connectivity index (χ1n) is 5.20. The van der Waals surface area contributed by atoms with Gasteiger partial charge in [-0.3, -0.25) is 0 Å². The lowest BCUT2D eigenvalue weighted by atomic mass is 10.1. The van der Waals surface area contributed by atoms with E-state index in [0.717, 1.165) is 23.5 Å². The van der Waals surface area contributed by atoms with Crippen LogP contribution in [0.3, 0.4) is 0 Å². The lowest BCUT2D eigenvalue weighted by Crippen LogP contribution is -1.90. The number of aromatic carboxylic acids is 1.